The van der Waals surface area contributed by atoms with Crippen molar-refractivity contribution in [3.8, 4) is 44.5 Å². The smallest absolute Gasteiger partial charge is 0.166 e. The van der Waals surface area contributed by atoms with Gasteiger partial charge in [-0.15, -0.1) is 0 Å². The molecular formula is C44H22F12. The maximum absolute atomic E-state index is 13.6. The van der Waals surface area contributed by atoms with E-state index in [1.807, 2.05) is 0 Å². The summed E-state index contributed by atoms with van der Waals surface area (Å²) < 4.78 is 163. The highest BCUT2D eigenvalue weighted by Crippen LogP contribution is 2.49. The molecule has 0 bridgehead atoms. The van der Waals surface area contributed by atoms with Crippen LogP contribution in [-0.2, 0) is 24.7 Å². The first kappa shape index (κ1) is 36.9. The van der Waals surface area contributed by atoms with Gasteiger partial charge in [-0.1, -0.05) is 72.8 Å². The third-order valence-corrected chi connectivity index (χ3v) is 9.99. The molecule has 0 saturated carbocycles. The molecule has 8 aromatic carbocycles. The van der Waals surface area contributed by atoms with Crippen LogP contribution in [0.25, 0.3) is 76.8 Å². The maximum Gasteiger partial charge on any atom is 0.416 e. The highest BCUT2D eigenvalue weighted by Gasteiger charge is 2.33. The molecule has 282 valence electrons. The van der Waals surface area contributed by atoms with Gasteiger partial charge in [0.25, 0.3) is 0 Å². The van der Waals surface area contributed by atoms with Gasteiger partial charge in [0.2, 0.25) is 0 Å². The summed E-state index contributed by atoms with van der Waals surface area (Å²) in [6, 6.07) is 27.8. The lowest BCUT2D eigenvalue weighted by Crippen LogP contribution is -2.04. The van der Waals surface area contributed by atoms with Gasteiger partial charge in [0.15, 0.2) is 0 Å². The van der Waals surface area contributed by atoms with Gasteiger partial charge in [-0.05, 0) is 137 Å². The van der Waals surface area contributed by atoms with Crippen molar-refractivity contribution in [1.82, 2.24) is 0 Å². The van der Waals surface area contributed by atoms with E-state index in [2.05, 4.69) is 0 Å². The molecule has 0 aliphatic rings. The van der Waals surface area contributed by atoms with E-state index in [9.17, 15) is 52.7 Å². The highest BCUT2D eigenvalue weighted by molar-refractivity contribution is 6.31. The van der Waals surface area contributed by atoms with Crippen molar-refractivity contribution in [3.05, 3.63) is 156 Å². The molecule has 0 aromatic heterocycles. The second kappa shape index (κ2) is 12.8. The summed E-state index contributed by atoms with van der Waals surface area (Å²) in [6.07, 6.45) is -18.5. The van der Waals surface area contributed by atoms with E-state index in [0.717, 1.165) is 48.5 Å². The average Bonchev–Trinajstić information content (AvgIpc) is 3.15. The lowest BCUT2D eigenvalue weighted by Gasteiger charge is -2.22. The Kier molecular flexibility index (Phi) is 8.41. The monoisotopic (exact) mass is 778 g/mol. The van der Waals surface area contributed by atoms with E-state index in [1.165, 1.54) is 48.5 Å². The molecule has 8 rings (SSSR count). The molecule has 56 heavy (non-hydrogen) atoms. The van der Waals surface area contributed by atoms with Crippen LogP contribution in [0.1, 0.15) is 22.3 Å². The first-order valence-corrected chi connectivity index (χ1v) is 16.8. The molecule has 12 heteroatoms. The van der Waals surface area contributed by atoms with E-state index in [4.69, 9.17) is 0 Å². The molecular weight excluding hydrogens is 756 g/mol. The van der Waals surface area contributed by atoms with Crippen molar-refractivity contribution in [2.24, 2.45) is 0 Å². The summed E-state index contributed by atoms with van der Waals surface area (Å²) in [6.45, 7) is 0. The SMILES string of the molecule is FC(F)(F)c1ccc(-c2cc(-c3ccc(C(F)(F)F)cc3)c3ccc4c(-c5ccc(C(F)(F)F)cc5)cc(-c5ccc(C(F)(F)F)cc5)c5ccc2c3c54)cc1. The van der Waals surface area contributed by atoms with Gasteiger partial charge in [0.05, 0.1) is 22.3 Å². The molecule has 0 heterocycles. The largest absolute Gasteiger partial charge is 0.416 e. The van der Waals surface area contributed by atoms with E-state index in [-0.39, 0.29) is 0 Å². The highest BCUT2D eigenvalue weighted by atomic mass is 19.4. The number of halogens is 12. The molecule has 0 atom stereocenters. The van der Waals surface area contributed by atoms with Crippen LogP contribution >= 0.6 is 0 Å². The van der Waals surface area contributed by atoms with Crippen LogP contribution < -0.4 is 0 Å². The van der Waals surface area contributed by atoms with Crippen molar-refractivity contribution in [1.29, 1.82) is 0 Å². The molecule has 0 unspecified atom stereocenters. The minimum Gasteiger partial charge on any atom is -0.166 e. The first-order valence-electron chi connectivity index (χ1n) is 16.8. The maximum atomic E-state index is 13.6. The Hall–Kier alpha value is -6.04. The molecule has 8 aromatic rings. The van der Waals surface area contributed by atoms with Gasteiger partial charge in [0, 0.05) is 0 Å². The standard InChI is InChI=1S/C44H22F12/c45-41(46,47)27-9-1-23(2-10-27)35-21-36(24-3-11-28(12-4-24)42(48,49)50)32-19-20-34-38(26-7-15-30(16-8-26)44(54,55)56)22-37(33-18-17-31(35)39(32)40(33)34)25-5-13-29(14-6-25)43(51,52)53/h1-22H. The molecule has 0 fully saturated rings. The number of benzene rings is 8. The fourth-order valence-electron chi connectivity index (χ4n) is 7.30. The Morgan fingerprint density at radius 2 is 0.411 bits per heavy atom. The average molecular weight is 779 g/mol. The summed E-state index contributed by atoms with van der Waals surface area (Å²) >= 11 is 0. The molecule has 0 saturated heterocycles. The zero-order valence-corrected chi connectivity index (χ0v) is 28.2. The van der Waals surface area contributed by atoms with Crippen molar-refractivity contribution in [3.63, 3.8) is 0 Å². The summed E-state index contributed by atoms with van der Waals surface area (Å²) in [7, 11) is 0. The lowest BCUT2D eigenvalue weighted by molar-refractivity contribution is -0.138. The molecule has 0 aliphatic carbocycles. The van der Waals surface area contributed by atoms with Crippen LogP contribution in [0, 0.1) is 0 Å². The zero-order chi connectivity index (χ0) is 39.9. The number of rotatable bonds is 4. The third kappa shape index (κ3) is 6.46. The normalized spacial score (nSPS) is 13.0. The van der Waals surface area contributed by atoms with Gasteiger partial charge in [-0.2, -0.15) is 52.7 Å². The molecule has 0 N–H and O–H groups in total. The van der Waals surface area contributed by atoms with Crippen LogP contribution in [0.5, 0.6) is 0 Å². The summed E-state index contributed by atoms with van der Waals surface area (Å²) in [5.74, 6) is 0. The third-order valence-electron chi connectivity index (χ3n) is 9.99. The van der Waals surface area contributed by atoms with Crippen LogP contribution in [0.4, 0.5) is 52.7 Å². The van der Waals surface area contributed by atoms with E-state index in [0.29, 0.717) is 76.8 Å². The van der Waals surface area contributed by atoms with E-state index < -0.39 is 47.0 Å². The minimum absolute atomic E-state index is 0.357. The van der Waals surface area contributed by atoms with Crippen molar-refractivity contribution < 1.29 is 52.7 Å². The van der Waals surface area contributed by atoms with Gasteiger partial charge < -0.3 is 0 Å². The predicted molar refractivity (Wildman–Crippen MR) is 192 cm³/mol. The number of alkyl halides is 12. The van der Waals surface area contributed by atoms with Gasteiger partial charge >= 0.3 is 24.7 Å². The molecule has 0 nitrogen and oxygen atoms in total. The van der Waals surface area contributed by atoms with Gasteiger partial charge in [-0.25, -0.2) is 0 Å². The summed E-state index contributed by atoms with van der Waals surface area (Å²) in [5.41, 5.74) is -0.423. The van der Waals surface area contributed by atoms with Crippen LogP contribution in [0.15, 0.2) is 133 Å². The predicted octanol–water partition coefficient (Wildman–Crippen LogP) is 15.3. The Morgan fingerprint density at radius 1 is 0.232 bits per heavy atom. The number of hydrogen-bond donors (Lipinski definition) is 0. The molecule has 0 spiro atoms. The zero-order valence-electron chi connectivity index (χ0n) is 28.2. The second-order valence-electron chi connectivity index (χ2n) is 13.3. The fourth-order valence-corrected chi connectivity index (χ4v) is 7.30. The van der Waals surface area contributed by atoms with Crippen molar-refractivity contribution in [2.45, 2.75) is 24.7 Å². The Morgan fingerprint density at radius 3 is 0.571 bits per heavy atom. The van der Waals surface area contributed by atoms with E-state index in [1.54, 1.807) is 36.4 Å². The summed E-state index contributed by atoms with van der Waals surface area (Å²) in [5, 5.41) is 3.23. The van der Waals surface area contributed by atoms with E-state index >= 15 is 0 Å². The van der Waals surface area contributed by atoms with Crippen LogP contribution in [0.3, 0.4) is 0 Å². The fraction of sp³-hybridized carbons (Fsp3) is 0.0909. The van der Waals surface area contributed by atoms with Crippen molar-refractivity contribution in [2.75, 3.05) is 0 Å². The summed E-state index contributed by atoms with van der Waals surface area (Å²) in [4.78, 5) is 0. The lowest BCUT2D eigenvalue weighted by atomic mass is 9.81. The minimum atomic E-state index is -4.63. The Balaban J connectivity index is 1.48. The van der Waals surface area contributed by atoms with Crippen molar-refractivity contribution >= 4 is 32.3 Å². The first-order chi connectivity index (χ1) is 26.3. The van der Waals surface area contributed by atoms with Crippen LogP contribution in [0.2, 0.25) is 0 Å². The number of hydrogen-bond acceptors (Lipinski definition) is 0. The van der Waals surface area contributed by atoms with Crippen LogP contribution in [-0.4, -0.2) is 0 Å². The Labute approximate surface area is 309 Å². The quantitative estimate of drug-likeness (QED) is 0.123. The molecule has 0 radical (unpaired) electrons. The topological polar surface area (TPSA) is 0 Å². The second-order valence-corrected chi connectivity index (χ2v) is 13.3. The molecule has 0 amide bonds. The van der Waals surface area contributed by atoms with Gasteiger partial charge in [0.1, 0.15) is 0 Å². The van der Waals surface area contributed by atoms with Gasteiger partial charge in [-0.3, -0.25) is 0 Å². The molecule has 0 aliphatic heterocycles. The Bertz CT molecular complexity index is 2360.